The zero-order valence-corrected chi connectivity index (χ0v) is 11.5. The number of halogens is 1. The predicted molar refractivity (Wildman–Crippen MR) is 73.3 cm³/mol. The number of anilines is 2. The average Bonchev–Trinajstić information content (AvgIpc) is 3.17. The van der Waals surface area contributed by atoms with Crippen LogP contribution in [0.15, 0.2) is 0 Å². The second-order valence-electron chi connectivity index (χ2n) is 4.37. The molecule has 1 aliphatic rings. The maximum atomic E-state index is 11.5. The molecule has 1 aliphatic carbocycles. The number of aromatic nitrogens is 3. The highest BCUT2D eigenvalue weighted by Gasteiger charge is 2.22. The Bertz CT molecular complexity index is 451. The molecule has 1 saturated carbocycles. The van der Waals surface area contributed by atoms with Crippen LogP contribution in [0.4, 0.5) is 11.9 Å². The molecular weight excluding hydrogens is 268 g/mol. The van der Waals surface area contributed by atoms with Crippen molar-refractivity contribution in [3.05, 3.63) is 5.28 Å². The van der Waals surface area contributed by atoms with Crippen LogP contribution in [-0.4, -0.2) is 40.0 Å². The molecule has 0 aliphatic heterocycles. The van der Waals surface area contributed by atoms with Gasteiger partial charge in [0.15, 0.2) is 0 Å². The summed E-state index contributed by atoms with van der Waals surface area (Å²) in [6.45, 7) is 2.92. The average molecular weight is 285 g/mol. The van der Waals surface area contributed by atoms with Crippen molar-refractivity contribution in [3.63, 3.8) is 0 Å². The molecule has 0 unspecified atom stereocenters. The van der Waals surface area contributed by atoms with Crippen molar-refractivity contribution in [2.45, 2.75) is 32.2 Å². The van der Waals surface area contributed by atoms with Gasteiger partial charge in [-0.1, -0.05) is 6.92 Å². The zero-order valence-electron chi connectivity index (χ0n) is 10.7. The molecule has 0 radical (unpaired) electrons. The van der Waals surface area contributed by atoms with Crippen LogP contribution in [0.1, 0.15) is 26.2 Å². The molecule has 1 aromatic rings. The summed E-state index contributed by atoms with van der Waals surface area (Å²) >= 11 is 5.80. The fourth-order valence-corrected chi connectivity index (χ4v) is 1.57. The summed E-state index contributed by atoms with van der Waals surface area (Å²) in [5.74, 6) is 0.638. The molecule has 0 saturated heterocycles. The summed E-state index contributed by atoms with van der Waals surface area (Å²) in [6, 6.07) is 0.345. The summed E-state index contributed by atoms with van der Waals surface area (Å²) in [5, 5.41) is 8.82. The van der Waals surface area contributed by atoms with Crippen LogP contribution in [0.2, 0.25) is 5.28 Å². The van der Waals surface area contributed by atoms with Crippen molar-refractivity contribution in [2.24, 2.45) is 0 Å². The maximum Gasteiger partial charge on any atom is 0.239 e. The molecule has 0 bridgehead atoms. The van der Waals surface area contributed by atoms with E-state index in [4.69, 9.17) is 11.6 Å². The Morgan fingerprint density at radius 3 is 2.58 bits per heavy atom. The van der Waals surface area contributed by atoms with Crippen molar-refractivity contribution in [3.8, 4) is 0 Å². The first-order valence-corrected chi connectivity index (χ1v) is 6.74. The van der Waals surface area contributed by atoms with Crippen LogP contribution < -0.4 is 16.0 Å². The number of hydrogen-bond donors (Lipinski definition) is 3. The van der Waals surface area contributed by atoms with Crippen LogP contribution in [0, 0.1) is 0 Å². The highest BCUT2D eigenvalue weighted by Crippen LogP contribution is 2.18. The number of rotatable bonds is 7. The second-order valence-corrected chi connectivity index (χ2v) is 4.71. The summed E-state index contributed by atoms with van der Waals surface area (Å²) in [7, 11) is 0. The Morgan fingerprint density at radius 1 is 1.26 bits per heavy atom. The molecule has 104 valence electrons. The molecule has 0 atom stereocenters. The van der Waals surface area contributed by atoms with E-state index < -0.39 is 0 Å². The van der Waals surface area contributed by atoms with E-state index in [0.29, 0.717) is 17.9 Å². The third kappa shape index (κ3) is 4.86. The molecule has 19 heavy (non-hydrogen) atoms. The fourth-order valence-electron chi connectivity index (χ4n) is 1.41. The fraction of sp³-hybridized carbons (Fsp3) is 0.636. The van der Waals surface area contributed by atoms with Gasteiger partial charge in [0.25, 0.3) is 0 Å². The molecule has 1 fully saturated rings. The van der Waals surface area contributed by atoms with E-state index in [-0.39, 0.29) is 17.7 Å². The first-order valence-electron chi connectivity index (χ1n) is 6.36. The van der Waals surface area contributed by atoms with Crippen LogP contribution in [0.3, 0.4) is 0 Å². The summed E-state index contributed by atoms with van der Waals surface area (Å²) in [6.07, 6.45) is 3.08. The van der Waals surface area contributed by atoms with Gasteiger partial charge in [0.1, 0.15) is 0 Å². The minimum absolute atomic E-state index is 0.0675. The monoisotopic (exact) mass is 284 g/mol. The van der Waals surface area contributed by atoms with Gasteiger partial charge in [-0.2, -0.15) is 15.0 Å². The molecule has 7 nitrogen and oxygen atoms in total. The van der Waals surface area contributed by atoms with Gasteiger partial charge in [0.2, 0.25) is 23.1 Å². The highest BCUT2D eigenvalue weighted by molar-refractivity contribution is 6.28. The summed E-state index contributed by atoms with van der Waals surface area (Å²) in [4.78, 5) is 23.5. The van der Waals surface area contributed by atoms with Gasteiger partial charge in [-0.05, 0) is 30.9 Å². The topological polar surface area (TPSA) is 91.8 Å². The third-order valence-electron chi connectivity index (χ3n) is 2.49. The van der Waals surface area contributed by atoms with Crippen LogP contribution in [0.25, 0.3) is 0 Å². The lowest BCUT2D eigenvalue weighted by Crippen LogP contribution is -2.31. The molecule has 2 rings (SSSR count). The smallest absolute Gasteiger partial charge is 0.239 e. The van der Waals surface area contributed by atoms with Crippen molar-refractivity contribution < 1.29 is 4.79 Å². The van der Waals surface area contributed by atoms with Crippen molar-refractivity contribution in [1.82, 2.24) is 20.3 Å². The maximum absolute atomic E-state index is 11.5. The van der Waals surface area contributed by atoms with Gasteiger partial charge in [-0.3, -0.25) is 4.79 Å². The SMILES string of the molecule is CCCNc1nc(Cl)nc(NCC(=O)NC2CC2)n1. The zero-order chi connectivity index (χ0) is 13.7. The van der Waals surface area contributed by atoms with Gasteiger partial charge in [0, 0.05) is 12.6 Å². The Hall–Kier alpha value is -1.63. The van der Waals surface area contributed by atoms with Crippen molar-refractivity contribution in [1.29, 1.82) is 0 Å². The minimum atomic E-state index is -0.0675. The number of hydrogen-bond acceptors (Lipinski definition) is 6. The van der Waals surface area contributed by atoms with Gasteiger partial charge in [0.05, 0.1) is 6.54 Å². The number of carbonyl (C=O) groups is 1. The predicted octanol–water partition coefficient (Wildman–Crippen LogP) is 1.04. The van der Waals surface area contributed by atoms with Gasteiger partial charge >= 0.3 is 0 Å². The van der Waals surface area contributed by atoms with E-state index in [1.165, 1.54) is 0 Å². The molecule has 0 spiro atoms. The van der Waals surface area contributed by atoms with Gasteiger partial charge in [-0.25, -0.2) is 0 Å². The van der Waals surface area contributed by atoms with E-state index in [9.17, 15) is 4.79 Å². The minimum Gasteiger partial charge on any atom is -0.354 e. The highest BCUT2D eigenvalue weighted by atomic mass is 35.5. The van der Waals surface area contributed by atoms with Crippen molar-refractivity contribution >= 4 is 29.4 Å². The molecular formula is C11H17ClN6O. The van der Waals surface area contributed by atoms with Crippen LogP contribution in [-0.2, 0) is 4.79 Å². The second kappa shape index (κ2) is 6.51. The van der Waals surface area contributed by atoms with Crippen LogP contribution in [0.5, 0.6) is 0 Å². The lowest BCUT2D eigenvalue weighted by atomic mass is 10.5. The van der Waals surface area contributed by atoms with Gasteiger partial charge < -0.3 is 16.0 Å². The normalized spacial score (nSPS) is 14.0. The van der Waals surface area contributed by atoms with Gasteiger partial charge in [-0.15, -0.1) is 0 Å². The van der Waals surface area contributed by atoms with E-state index >= 15 is 0 Å². The Kier molecular flexibility index (Phi) is 4.73. The van der Waals surface area contributed by atoms with E-state index in [1.807, 2.05) is 6.92 Å². The third-order valence-corrected chi connectivity index (χ3v) is 2.66. The standard InChI is InChI=1S/C11H17ClN6O/c1-2-5-13-10-16-9(12)17-11(18-10)14-6-8(19)15-7-3-4-7/h7H,2-6H2,1H3,(H,15,19)(H2,13,14,16,17,18). The number of nitrogens with one attached hydrogen (secondary N) is 3. The van der Waals surface area contributed by atoms with Crippen molar-refractivity contribution in [2.75, 3.05) is 23.7 Å². The lowest BCUT2D eigenvalue weighted by molar-refractivity contribution is -0.119. The van der Waals surface area contributed by atoms with E-state index in [0.717, 1.165) is 25.8 Å². The quantitative estimate of drug-likeness (QED) is 0.693. The summed E-state index contributed by atoms with van der Waals surface area (Å²) < 4.78 is 0. The Labute approximate surface area is 116 Å². The number of carbonyl (C=O) groups excluding carboxylic acids is 1. The number of amides is 1. The molecule has 1 aromatic heterocycles. The Morgan fingerprint density at radius 2 is 1.95 bits per heavy atom. The number of nitrogens with zero attached hydrogens (tertiary/aromatic N) is 3. The summed E-state index contributed by atoms with van der Waals surface area (Å²) in [5.41, 5.74) is 0. The molecule has 1 amide bonds. The molecule has 3 N–H and O–H groups in total. The Balaban J connectivity index is 1.87. The first-order chi connectivity index (χ1) is 9.17. The molecule has 8 heteroatoms. The van der Waals surface area contributed by atoms with E-state index in [1.54, 1.807) is 0 Å². The van der Waals surface area contributed by atoms with E-state index in [2.05, 4.69) is 30.9 Å². The molecule has 1 heterocycles. The van der Waals surface area contributed by atoms with Crippen LogP contribution >= 0.6 is 11.6 Å². The molecule has 0 aromatic carbocycles. The lowest BCUT2D eigenvalue weighted by Gasteiger charge is -2.08. The largest absolute Gasteiger partial charge is 0.354 e. The first kappa shape index (κ1) is 13.8.